The first kappa shape index (κ1) is 20.1. The Bertz CT molecular complexity index is 1180. The Morgan fingerprint density at radius 3 is 2.87 bits per heavy atom. The molecule has 0 saturated heterocycles. The lowest BCUT2D eigenvalue weighted by atomic mass is 10.1. The molecular weight excluding hydrogens is 422 g/mol. The maximum Gasteiger partial charge on any atom is 0.341 e. The van der Waals surface area contributed by atoms with Gasteiger partial charge in [0.15, 0.2) is 0 Å². The second kappa shape index (κ2) is 9.10. The van der Waals surface area contributed by atoms with Crippen molar-refractivity contribution >= 4 is 50.9 Å². The zero-order valence-electron chi connectivity index (χ0n) is 16.0. The molecule has 1 N–H and O–H groups in total. The van der Waals surface area contributed by atoms with Gasteiger partial charge in [-0.05, 0) is 25.1 Å². The van der Waals surface area contributed by atoms with Crippen LogP contribution in [0.4, 0.5) is 5.00 Å². The average Bonchev–Trinajstić information content (AvgIpc) is 3.42. The van der Waals surface area contributed by atoms with Gasteiger partial charge in [-0.15, -0.1) is 11.3 Å². The molecule has 0 radical (unpaired) electrons. The number of para-hydroxylation sites is 1. The lowest BCUT2D eigenvalue weighted by Crippen LogP contribution is -2.16. The molecule has 1 aromatic carbocycles. The highest BCUT2D eigenvalue weighted by atomic mass is 32.2. The van der Waals surface area contributed by atoms with E-state index >= 15 is 0 Å². The number of hydrogen-bond acceptors (Lipinski definition) is 8. The number of furan rings is 1. The third-order valence-corrected chi connectivity index (χ3v) is 6.06. The topological polar surface area (TPSA) is 94.3 Å². The smallest absolute Gasteiger partial charge is 0.341 e. The van der Waals surface area contributed by atoms with Gasteiger partial charge in [-0.25, -0.2) is 14.8 Å². The third kappa shape index (κ3) is 4.22. The second-order valence-corrected chi connectivity index (χ2v) is 7.93. The summed E-state index contributed by atoms with van der Waals surface area (Å²) in [6.45, 7) is 1.97. The van der Waals surface area contributed by atoms with Crippen molar-refractivity contribution in [2.75, 3.05) is 17.7 Å². The van der Waals surface area contributed by atoms with E-state index in [4.69, 9.17) is 9.15 Å². The Kier molecular flexibility index (Phi) is 6.10. The van der Waals surface area contributed by atoms with Gasteiger partial charge in [-0.2, -0.15) is 0 Å². The minimum Gasteiger partial charge on any atom is -0.464 e. The van der Waals surface area contributed by atoms with Gasteiger partial charge >= 0.3 is 5.97 Å². The van der Waals surface area contributed by atoms with E-state index in [0.29, 0.717) is 21.9 Å². The first-order chi connectivity index (χ1) is 14.7. The van der Waals surface area contributed by atoms with E-state index in [1.165, 1.54) is 35.7 Å². The van der Waals surface area contributed by atoms with E-state index < -0.39 is 5.97 Å². The SMILES string of the molecule is CCOC(=O)c1c(-c2ccco2)csc1NC(=O)CSc1ncnc2ccccc12. The van der Waals surface area contributed by atoms with Crippen molar-refractivity contribution in [2.24, 2.45) is 0 Å². The molecule has 30 heavy (non-hydrogen) atoms. The van der Waals surface area contributed by atoms with Gasteiger partial charge in [0.1, 0.15) is 27.7 Å². The molecule has 1 amide bonds. The molecule has 9 heteroatoms. The Balaban J connectivity index is 1.52. The first-order valence-corrected chi connectivity index (χ1v) is 11.0. The van der Waals surface area contributed by atoms with E-state index in [1.807, 2.05) is 24.3 Å². The number of carbonyl (C=O) groups is 2. The summed E-state index contributed by atoms with van der Waals surface area (Å²) >= 11 is 2.57. The van der Waals surface area contributed by atoms with Crippen molar-refractivity contribution in [2.45, 2.75) is 11.9 Å². The molecule has 0 aliphatic rings. The highest BCUT2D eigenvalue weighted by molar-refractivity contribution is 8.00. The molecule has 7 nitrogen and oxygen atoms in total. The summed E-state index contributed by atoms with van der Waals surface area (Å²) in [4.78, 5) is 33.6. The van der Waals surface area contributed by atoms with Crippen molar-refractivity contribution in [3.05, 3.63) is 59.9 Å². The van der Waals surface area contributed by atoms with E-state index in [-0.39, 0.29) is 18.3 Å². The van der Waals surface area contributed by atoms with Gasteiger partial charge in [0, 0.05) is 16.3 Å². The number of thiophene rings is 1. The van der Waals surface area contributed by atoms with Crippen LogP contribution in [-0.2, 0) is 9.53 Å². The molecule has 0 unspecified atom stereocenters. The molecule has 4 aromatic rings. The monoisotopic (exact) mass is 439 g/mol. The fraction of sp³-hybridized carbons (Fsp3) is 0.143. The summed E-state index contributed by atoms with van der Waals surface area (Å²) < 4.78 is 10.6. The van der Waals surface area contributed by atoms with Crippen molar-refractivity contribution in [3.8, 4) is 11.3 Å². The molecular formula is C21H17N3O4S2. The quantitative estimate of drug-likeness (QED) is 0.250. The maximum absolute atomic E-state index is 12.6. The highest BCUT2D eigenvalue weighted by Crippen LogP contribution is 2.36. The lowest BCUT2D eigenvalue weighted by Gasteiger charge is -2.08. The van der Waals surface area contributed by atoms with Crippen LogP contribution in [0.25, 0.3) is 22.2 Å². The summed E-state index contributed by atoms with van der Waals surface area (Å²) in [6.07, 6.45) is 3.01. The van der Waals surface area contributed by atoms with Crippen LogP contribution in [0.2, 0.25) is 0 Å². The van der Waals surface area contributed by atoms with Crippen LogP contribution in [0, 0.1) is 0 Å². The largest absolute Gasteiger partial charge is 0.464 e. The number of anilines is 1. The van der Waals surface area contributed by atoms with Gasteiger partial charge in [0.05, 0.1) is 24.1 Å². The molecule has 3 heterocycles. The number of ether oxygens (including phenoxy) is 1. The Hall–Kier alpha value is -3.17. The van der Waals surface area contributed by atoms with Gasteiger partial charge in [0.25, 0.3) is 0 Å². The average molecular weight is 440 g/mol. The fourth-order valence-electron chi connectivity index (χ4n) is 2.86. The van der Waals surface area contributed by atoms with Crippen molar-refractivity contribution in [3.63, 3.8) is 0 Å². The zero-order valence-corrected chi connectivity index (χ0v) is 17.6. The van der Waals surface area contributed by atoms with Crippen LogP contribution in [0.3, 0.4) is 0 Å². The van der Waals surface area contributed by atoms with E-state index in [0.717, 1.165) is 15.9 Å². The number of thioether (sulfide) groups is 1. The number of nitrogens with zero attached hydrogens (tertiary/aromatic N) is 2. The number of amides is 1. The molecule has 0 fully saturated rings. The zero-order chi connectivity index (χ0) is 20.9. The Labute approximate surface area is 180 Å². The number of nitrogens with one attached hydrogen (secondary N) is 1. The number of fused-ring (bicyclic) bond motifs is 1. The van der Waals surface area contributed by atoms with E-state index in [9.17, 15) is 9.59 Å². The second-order valence-electron chi connectivity index (χ2n) is 6.08. The number of carbonyl (C=O) groups excluding carboxylic acids is 2. The van der Waals surface area contributed by atoms with Crippen LogP contribution < -0.4 is 5.32 Å². The molecule has 152 valence electrons. The molecule has 3 aromatic heterocycles. The molecule has 0 saturated carbocycles. The standard InChI is InChI=1S/C21H17N3O4S2/c1-2-27-21(26)18-14(16-8-5-9-28-16)10-29-20(18)24-17(25)11-30-19-13-6-3-4-7-15(13)22-12-23-19/h3-10,12H,2,11H2,1H3,(H,24,25). The molecule has 0 aliphatic heterocycles. The number of benzene rings is 1. The number of hydrogen-bond donors (Lipinski definition) is 1. The molecule has 0 bridgehead atoms. The first-order valence-electron chi connectivity index (χ1n) is 9.12. The predicted octanol–water partition coefficient (Wildman–Crippen LogP) is 4.86. The summed E-state index contributed by atoms with van der Waals surface area (Å²) in [5.41, 5.74) is 1.71. The van der Waals surface area contributed by atoms with Crippen LogP contribution in [0.1, 0.15) is 17.3 Å². The van der Waals surface area contributed by atoms with Gasteiger partial charge in [0.2, 0.25) is 5.91 Å². The maximum atomic E-state index is 12.6. The van der Waals surface area contributed by atoms with Gasteiger partial charge in [-0.1, -0.05) is 30.0 Å². The normalized spacial score (nSPS) is 10.8. The van der Waals surface area contributed by atoms with Crippen LogP contribution in [0.15, 0.2) is 63.8 Å². The molecule has 4 rings (SSSR count). The summed E-state index contributed by atoms with van der Waals surface area (Å²) in [7, 11) is 0. The predicted molar refractivity (Wildman–Crippen MR) is 117 cm³/mol. The van der Waals surface area contributed by atoms with Crippen molar-refractivity contribution in [1.29, 1.82) is 0 Å². The fourth-order valence-corrected chi connectivity index (χ4v) is 4.60. The number of rotatable bonds is 7. The minimum absolute atomic E-state index is 0.136. The summed E-state index contributed by atoms with van der Waals surface area (Å²) in [5, 5.41) is 6.64. The van der Waals surface area contributed by atoms with Crippen molar-refractivity contribution in [1.82, 2.24) is 9.97 Å². The van der Waals surface area contributed by atoms with Crippen molar-refractivity contribution < 1.29 is 18.7 Å². The number of esters is 1. The Morgan fingerprint density at radius 2 is 2.07 bits per heavy atom. The van der Waals surface area contributed by atoms with Crippen LogP contribution in [-0.4, -0.2) is 34.2 Å². The summed E-state index contributed by atoms with van der Waals surface area (Å²) in [5.74, 6) is -0.0790. The van der Waals surface area contributed by atoms with E-state index in [1.54, 1.807) is 24.4 Å². The lowest BCUT2D eigenvalue weighted by molar-refractivity contribution is -0.113. The van der Waals surface area contributed by atoms with Crippen LogP contribution >= 0.6 is 23.1 Å². The molecule has 0 aliphatic carbocycles. The Morgan fingerprint density at radius 1 is 1.20 bits per heavy atom. The number of aromatic nitrogens is 2. The summed E-state index contributed by atoms with van der Waals surface area (Å²) in [6, 6.07) is 11.1. The van der Waals surface area contributed by atoms with E-state index in [2.05, 4.69) is 15.3 Å². The van der Waals surface area contributed by atoms with Gasteiger partial charge in [-0.3, -0.25) is 4.79 Å². The minimum atomic E-state index is -0.505. The molecule has 0 atom stereocenters. The highest BCUT2D eigenvalue weighted by Gasteiger charge is 2.24. The van der Waals surface area contributed by atoms with Crippen LogP contribution in [0.5, 0.6) is 0 Å². The molecule has 0 spiro atoms. The van der Waals surface area contributed by atoms with Gasteiger partial charge < -0.3 is 14.5 Å². The third-order valence-electron chi connectivity index (χ3n) is 4.16.